The summed E-state index contributed by atoms with van der Waals surface area (Å²) in [6.07, 6.45) is 1.54. The number of nitrogens with zero attached hydrogens (tertiary/aromatic N) is 6. The molecule has 1 aromatic heterocycles. The lowest BCUT2D eigenvalue weighted by Gasteiger charge is -2.36. The van der Waals surface area contributed by atoms with E-state index in [0.717, 1.165) is 5.69 Å². The average Bonchev–Trinajstić information content (AvgIpc) is 2.75. The zero-order valence-electron chi connectivity index (χ0n) is 15.1. The molecule has 7 nitrogen and oxygen atoms in total. The van der Waals surface area contributed by atoms with Crippen LogP contribution in [0.25, 0.3) is 0 Å². The maximum Gasteiger partial charge on any atom is 0.247 e. The highest BCUT2D eigenvalue weighted by Gasteiger charge is 2.21. The zero-order valence-corrected chi connectivity index (χ0v) is 15.1. The predicted octanol–water partition coefficient (Wildman–Crippen LogP) is 2.95. The van der Waals surface area contributed by atoms with E-state index in [9.17, 15) is 4.39 Å². The third kappa shape index (κ3) is 3.83. The van der Waals surface area contributed by atoms with Crippen molar-refractivity contribution in [3.05, 3.63) is 66.1 Å². The van der Waals surface area contributed by atoms with Crippen molar-refractivity contribution in [3.8, 4) is 6.07 Å². The number of anilines is 4. The first-order valence-corrected chi connectivity index (χ1v) is 8.94. The molecule has 28 heavy (non-hydrogen) atoms. The minimum atomic E-state index is -0.209. The second-order valence-corrected chi connectivity index (χ2v) is 6.38. The maximum absolute atomic E-state index is 14.0. The molecule has 1 N–H and O–H groups in total. The van der Waals surface area contributed by atoms with Gasteiger partial charge in [-0.2, -0.15) is 15.3 Å². The molecule has 8 heteroatoms. The van der Waals surface area contributed by atoms with E-state index in [-0.39, 0.29) is 5.82 Å². The van der Waals surface area contributed by atoms with Crippen LogP contribution in [0, 0.1) is 17.1 Å². The van der Waals surface area contributed by atoms with Crippen molar-refractivity contribution in [2.45, 2.75) is 0 Å². The van der Waals surface area contributed by atoms with E-state index < -0.39 is 0 Å². The summed E-state index contributed by atoms with van der Waals surface area (Å²) < 4.78 is 14.0. The summed E-state index contributed by atoms with van der Waals surface area (Å²) in [6.45, 7) is 2.69. The fraction of sp³-hybridized carbons (Fsp3) is 0.200. The van der Waals surface area contributed by atoms with Crippen molar-refractivity contribution in [1.82, 2.24) is 15.2 Å². The number of piperazine rings is 1. The Morgan fingerprint density at radius 3 is 2.57 bits per heavy atom. The predicted molar refractivity (Wildman–Crippen MR) is 105 cm³/mol. The van der Waals surface area contributed by atoms with Gasteiger partial charge in [0.1, 0.15) is 5.82 Å². The number of hydrogen-bond donors (Lipinski definition) is 1. The molecule has 0 bridgehead atoms. The highest BCUT2D eigenvalue weighted by Crippen LogP contribution is 2.22. The molecule has 0 unspecified atom stereocenters. The van der Waals surface area contributed by atoms with Gasteiger partial charge in [0.2, 0.25) is 5.95 Å². The summed E-state index contributed by atoms with van der Waals surface area (Å²) in [6, 6.07) is 16.1. The minimum Gasteiger partial charge on any atom is -0.366 e. The molecule has 0 radical (unpaired) electrons. The Bertz CT molecular complexity index is 1010. The molecule has 1 aliphatic rings. The first kappa shape index (κ1) is 17.7. The van der Waals surface area contributed by atoms with Crippen LogP contribution in [-0.4, -0.2) is 41.4 Å². The van der Waals surface area contributed by atoms with Gasteiger partial charge >= 0.3 is 0 Å². The Labute approximate surface area is 162 Å². The lowest BCUT2D eigenvalue weighted by atomic mass is 10.2. The molecule has 0 atom stereocenters. The first-order valence-electron chi connectivity index (χ1n) is 8.94. The summed E-state index contributed by atoms with van der Waals surface area (Å²) in [5.74, 6) is 0.867. The van der Waals surface area contributed by atoms with E-state index in [4.69, 9.17) is 5.26 Å². The summed E-state index contributed by atoms with van der Waals surface area (Å²) >= 11 is 0. The van der Waals surface area contributed by atoms with Gasteiger partial charge in [0.15, 0.2) is 5.82 Å². The molecular formula is C20H18FN7. The highest BCUT2D eigenvalue weighted by molar-refractivity contribution is 5.58. The fourth-order valence-corrected chi connectivity index (χ4v) is 3.16. The van der Waals surface area contributed by atoms with Crippen LogP contribution in [0.1, 0.15) is 5.56 Å². The smallest absolute Gasteiger partial charge is 0.247 e. The van der Waals surface area contributed by atoms with Crippen molar-refractivity contribution in [2.24, 2.45) is 0 Å². The second kappa shape index (κ2) is 7.88. The van der Waals surface area contributed by atoms with Crippen LogP contribution in [0.15, 0.2) is 54.7 Å². The number of nitriles is 1. The molecule has 1 aliphatic heterocycles. The molecule has 0 spiro atoms. The Kier molecular flexibility index (Phi) is 4.97. The van der Waals surface area contributed by atoms with Crippen LogP contribution in [0.3, 0.4) is 0 Å². The monoisotopic (exact) mass is 375 g/mol. The highest BCUT2D eigenvalue weighted by atomic mass is 19.1. The van der Waals surface area contributed by atoms with Gasteiger partial charge in [0.05, 0.1) is 23.5 Å². The van der Waals surface area contributed by atoms with Crippen LogP contribution in [0.4, 0.5) is 27.5 Å². The minimum absolute atomic E-state index is 0.209. The van der Waals surface area contributed by atoms with Gasteiger partial charge in [-0.25, -0.2) is 4.39 Å². The Hall–Kier alpha value is -3.73. The third-order valence-electron chi connectivity index (χ3n) is 4.57. The van der Waals surface area contributed by atoms with Gasteiger partial charge in [-0.3, -0.25) is 0 Å². The van der Waals surface area contributed by atoms with E-state index in [1.807, 2.05) is 21.9 Å². The van der Waals surface area contributed by atoms with Crippen LogP contribution >= 0.6 is 0 Å². The maximum atomic E-state index is 14.0. The molecule has 2 heterocycles. The number of hydrogen-bond acceptors (Lipinski definition) is 7. The molecule has 0 amide bonds. The standard InChI is InChI=1S/C20H18FN7/c21-17-6-1-2-7-18(17)27-8-10-28(11-9-27)20-25-19(14-23-26-20)24-16-5-3-4-15(12-16)13-22/h1-7,12,14H,8-11H2,(H,24,25,26). The summed E-state index contributed by atoms with van der Waals surface area (Å²) in [5.41, 5.74) is 1.94. The van der Waals surface area contributed by atoms with Gasteiger partial charge in [-0.05, 0) is 30.3 Å². The van der Waals surface area contributed by atoms with Crippen molar-refractivity contribution in [1.29, 1.82) is 5.26 Å². The normalized spacial score (nSPS) is 13.9. The molecular weight excluding hydrogens is 357 g/mol. The topological polar surface area (TPSA) is 81.0 Å². The van der Waals surface area contributed by atoms with E-state index in [1.165, 1.54) is 12.3 Å². The van der Waals surface area contributed by atoms with Crippen molar-refractivity contribution < 1.29 is 4.39 Å². The lowest BCUT2D eigenvalue weighted by molar-refractivity contribution is 0.592. The van der Waals surface area contributed by atoms with Crippen molar-refractivity contribution in [3.63, 3.8) is 0 Å². The summed E-state index contributed by atoms with van der Waals surface area (Å²) in [7, 11) is 0. The number of para-hydroxylation sites is 1. The van der Waals surface area contributed by atoms with Crippen LogP contribution in [-0.2, 0) is 0 Å². The number of nitrogens with one attached hydrogen (secondary N) is 1. The van der Waals surface area contributed by atoms with E-state index in [2.05, 4.69) is 26.6 Å². The molecule has 0 aliphatic carbocycles. The zero-order chi connectivity index (χ0) is 19.3. The van der Waals surface area contributed by atoms with Crippen molar-refractivity contribution >= 4 is 23.1 Å². The molecule has 1 fully saturated rings. The van der Waals surface area contributed by atoms with Gasteiger partial charge < -0.3 is 15.1 Å². The van der Waals surface area contributed by atoms with E-state index in [0.29, 0.717) is 49.2 Å². The molecule has 140 valence electrons. The Morgan fingerprint density at radius 2 is 1.79 bits per heavy atom. The lowest BCUT2D eigenvalue weighted by Crippen LogP contribution is -2.47. The number of aromatic nitrogens is 3. The summed E-state index contributed by atoms with van der Waals surface area (Å²) in [5, 5.41) is 20.3. The fourth-order valence-electron chi connectivity index (χ4n) is 3.16. The van der Waals surface area contributed by atoms with Crippen LogP contribution in [0.2, 0.25) is 0 Å². The van der Waals surface area contributed by atoms with Crippen LogP contribution < -0.4 is 15.1 Å². The quantitative estimate of drug-likeness (QED) is 0.751. The number of rotatable bonds is 4. The molecule has 1 saturated heterocycles. The Morgan fingerprint density at radius 1 is 1.00 bits per heavy atom. The van der Waals surface area contributed by atoms with E-state index in [1.54, 1.807) is 30.3 Å². The largest absolute Gasteiger partial charge is 0.366 e. The van der Waals surface area contributed by atoms with E-state index >= 15 is 0 Å². The Balaban J connectivity index is 1.44. The number of halogens is 1. The molecule has 4 rings (SSSR count). The van der Waals surface area contributed by atoms with Gasteiger partial charge in [-0.1, -0.05) is 18.2 Å². The van der Waals surface area contributed by atoms with Gasteiger partial charge in [-0.15, -0.1) is 5.10 Å². The van der Waals surface area contributed by atoms with Gasteiger partial charge in [0, 0.05) is 31.9 Å². The third-order valence-corrected chi connectivity index (χ3v) is 4.57. The second-order valence-electron chi connectivity index (χ2n) is 6.38. The molecule has 0 saturated carbocycles. The first-order chi connectivity index (χ1) is 13.7. The van der Waals surface area contributed by atoms with Crippen molar-refractivity contribution in [2.75, 3.05) is 41.3 Å². The molecule has 3 aromatic rings. The summed E-state index contributed by atoms with van der Waals surface area (Å²) in [4.78, 5) is 8.58. The number of benzene rings is 2. The SMILES string of the molecule is N#Cc1cccc(Nc2cnnc(N3CCN(c4ccccc4F)CC3)n2)c1. The van der Waals surface area contributed by atoms with Gasteiger partial charge in [0.25, 0.3) is 0 Å². The molecule has 2 aromatic carbocycles. The van der Waals surface area contributed by atoms with Crippen LogP contribution in [0.5, 0.6) is 0 Å². The average molecular weight is 375 g/mol.